The van der Waals surface area contributed by atoms with Gasteiger partial charge in [0, 0.05) is 54.0 Å². The lowest BCUT2D eigenvalue weighted by atomic mass is 10.0. The number of rotatable bonds is 9. The Kier molecular flexibility index (Phi) is 8.55. The van der Waals surface area contributed by atoms with Crippen molar-refractivity contribution in [3.8, 4) is 6.07 Å². The largest absolute Gasteiger partial charge is 0.393 e. The summed E-state index contributed by atoms with van der Waals surface area (Å²) in [5.41, 5.74) is 4.27. The summed E-state index contributed by atoms with van der Waals surface area (Å²) in [5.74, 6) is 0.608. The van der Waals surface area contributed by atoms with E-state index >= 15 is 0 Å². The molecular formula is C30H36F3N7S. The van der Waals surface area contributed by atoms with E-state index in [0.717, 1.165) is 67.8 Å². The van der Waals surface area contributed by atoms with Gasteiger partial charge in [-0.2, -0.15) is 18.4 Å². The van der Waals surface area contributed by atoms with Gasteiger partial charge >= 0.3 is 6.18 Å². The minimum Gasteiger partial charge on any atom is -0.367 e. The first-order valence-electron chi connectivity index (χ1n) is 14.1. The number of anilines is 1. The van der Waals surface area contributed by atoms with Crippen LogP contribution in [0.25, 0.3) is 21.1 Å². The number of hydrogen-bond acceptors (Lipinski definition) is 7. The fraction of sp³-hybridized carbons (Fsp3) is 0.500. The number of aryl methyl sites for hydroxylation is 1. The quantitative estimate of drug-likeness (QED) is 0.248. The van der Waals surface area contributed by atoms with Crippen molar-refractivity contribution in [2.45, 2.75) is 71.4 Å². The first kappa shape index (κ1) is 29.3. The van der Waals surface area contributed by atoms with Crippen molar-refractivity contribution in [1.82, 2.24) is 24.3 Å². The zero-order valence-corrected chi connectivity index (χ0v) is 24.7. The predicted octanol–water partition coefficient (Wildman–Crippen LogP) is 6.35. The molecule has 7 nitrogen and oxygen atoms in total. The van der Waals surface area contributed by atoms with Crippen molar-refractivity contribution in [3.05, 3.63) is 52.3 Å². The molecule has 1 aromatic carbocycles. The van der Waals surface area contributed by atoms with Crippen LogP contribution in [0.2, 0.25) is 0 Å². The summed E-state index contributed by atoms with van der Waals surface area (Å²) >= 11 is 1.07. The van der Waals surface area contributed by atoms with Crippen LogP contribution in [0, 0.1) is 18.3 Å². The highest BCUT2D eigenvalue weighted by Gasteiger charge is 2.29. The number of piperidine rings is 1. The second-order valence-electron chi connectivity index (χ2n) is 11.1. The van der Waals surface area contributed by atoms with E-state index in [1.165, 1.54) is 17.5 Å². The van der Waals surface area contributed by atoms with Crippen LogP contribution in [-0.4, -0.2) is 69.3 Å². The molecule has 11 heteroatoms. The molecule has 5 rings (SSSR count). The Morgan fingerprint density at radius 2 is 1.95 bits per heavy atom. The monoisotopic (exact) mass is 583 g/mol. The standard InChI is InChI=1S/C30H36F3N7S/c1-5-38(4)19(2)16-40-23(15-34)12-25-20(3)21(6-7-27(25)40)17-39-10-8-22(9-11-39)37-28-26-13-24(14-30(31,32)33)41-29(26)36-18-35-28/h6-7,12-13,18-19,22H,5,8-11,14,16-17H2,1-4H3,(H,35,36,37). The second-order valence-corrected chi connectivity index (χ2v) is 12.2. The number of halogens is 3. The fourth-order valence-corrected chi connectivity index (χ4v) is 6.70. The Labute approximate surface area is 242 Å². The van der Waals surface area contributed by atoms with E-state index in [0.29, 0.717) is 27.8 Å². The zero-order chi connectivity index (χ0) is 29.3. The SMILES string of the molecule is CCN(C)C(C)Cn1c(C#N)cc2c(C)c(CN3CCC(Nc4ncnc5sc(CC(F)(F)F)cc45)CC3)ccc21. The topological polar surface area (TPSA) is 73.0 Å². The average molecular weight is 584 g/mol. The van der Waals surface area contributed by atoms with Gasteiger partial charge in [-0.15, -0.1) is 11.3 Å². The van der Waals surface area contributed by atoms with Crippen LogP contribution in [0.5, 0.6) is 0 Å². The molecule has 0 saturated carbocycles. The normalized spacial score (nSPS) is 16.1. The zero-order valence-electron chi connectivity index (χ0n) is 23.9. The third-order valence-corrected chi connectivity index (χ3v) is 9.40. The first-order chi connectivity index (χ1) is 19.6. The van der Waals surface area contributed by atoms with E-state index in [1.807, 2.05) is 6.07 Å². The van der Waals surface area contributed by atoms with Gasteiger partial charge in [0.15, 0.2) is 0 Å². The molecule has 4 heterocycles. The number of benzene rings is 1. The van der Waals surface area contributed by atoms with Gasteiger partial charge in [0.25, 0.3) is 0 Å². The van der Waals surface area contributed by atoms with Gasteiger partial charge in [-0.1, -0.05) is 13.0 Å². The summed E-state index contributed by atoms with van der Waals surface area (Å²) in [7, 11) is 2.11. The summed E-state index contributed by atoms with van der Waals surface area (Å²) in [6.07, 6.45) is -1.96. The number of aromatic nitrogens is 3. The lowest BCUT2D eigenvalue weighted by Gasteiger charge is -2.33. The molecule has 1 fully saturated rings. The smallest absolute Gasteiger partial charge is 0.367 e. The van der Waals surface area contributed by atoms with Gasteiger partial charge in [0.2, 0.25) is 0 Å². The van der Waals surface area contributed by atoms with Crippen molar-refractivity contribution in [2.75, 3.05) is 32.0 Å². The van der Waals surface area contributed by atoms with Crippen LogP contribution in [-0.2, 0) is 19.5 Å². The third kappa shape index (κ3) is 6.50. The molecule has 3 aromatic heterocycles. The maximum atomic E-state index is 12.9. The van der Waals surface area contributed by atoms with Crippen LogP contribution >= 0.6 is 11.3 Å². The molecule has 0 radical (unpaired) electrons. The molecule has 1 N–H and O–H groups in total. The lowest BCUT2D eigenvalue weighted by molar-refractivity contribution is -0.126. The first-order valence-corrected chi connectivity index (χ1v) is 14.9. The second kappa shape index (κ2) is 12.0. The lowest BCUT2D eigenvalue weighted by Crippen LogP contribution is -2.39. The Hall–Kier alpha value is -3.20. The summed E-state index contributed by atoms with van der Waals surface area (Å²) < 4.78 is 40.8. The minimum absolute atomic E-state index is 0.189. The Balaban J connectivity index is 1.24. The summed E-state index contributed by atoms with van der Waals surface area (Å²) in [6, 6.07) is 10.8. The molecule has 1 aliphatic heterocycles. The minimum atomic E-state index is -4.25. The van der Waals surface area contributed by atoms with Crippen LogP contribution in [0.1, 0.15) is 48.4 Å². The highest BCUT2D eigenvalue weighted by molar-refractivity contribution is 7.18. The van der Waals surface area contributed by atoms with Gasteiger partial charge in [-0.05, 0) is 69.6 Å². The van der Waals surface area contributed by atoms with E-state index in [2.05, 4.69) is 75.7 Å². The summed E-state index contributed by atoms with van der Waals surface area (Å²) in [5, 5.41) is 15.1. The molecule has 1 saturated heterocycles. The highest BCUT2D eigenvalue weighted by Crippen LogP contribution is 2.33. The Morgan fingerprint density at radius 3 is 2.63 bits per heavy atom. The molecule has 218 valence electrons. The van der Waals surface area contributed by atoms with Crippen molar-refractivity contribution < 1.29 is 13.2 Å². The van der Waals surface area contributed by atoms with Crippen LogP contribution in [0.3, 0.4) is 0 Å². The molecule has 4 aromatic rings. The Morgan fingerprint density at radius 1 is 1.20 bits per heavy atom. The number of likely N-dealkylation sites (N-methyl/N-ethyl adjacent to an activating group) is 1. The van der Waals surface area contributed by atoms with Gasteiger partial charge in [0.05, 0.1) is 11.8 Å². The number of thiophene rings is 1. The van der Waals surface area contributed by atoms with Crippen molar-refractivity contribution in [3.63, 3.8) is 0 Å². The van der Waals surface area contributed by atoms with Crippen LogP contribution < -0.4 is 5.32 Å². The molecule has 0 bridgehead atoms. The van der Waals surface area contributed by atoms with E-state index in [9.17, 15) is 18.4 Å². The molecular weight excluding hydrogens is 547 g/mol. The van der Waals surface area contributed by atoms with E-state index in [1.54, 1.807) is 6.07 Å². The van der Waals surface area contributed by atoms with Crippen molar-refractivity contribution >= 4 is 38.3 Å². The number of likely N-dealkylation sites (tertiary alicyclic amines) is 1. The van der Waals surface area contributed by atoms with Gasteiger partial charge in [-0.25, -0.2) is 9.97 Å². The molecule has 1 aliphatic rings. The molecule has 1 unspecified atom stereocenters. The van der Waals surface area contributed by atoms with Crippen LogP contribution in [0.15, 0.2) is 30.6 Å². The molecule has 1 atom stereocenters. The maximum Gasteiger partial charge on any atom is 0.393 e. The third-order valence-electron chi connectivity index (χ3n) is 8.36. The predicted molar refractivity (Wildman–Crippen MR) is 158 cm³/mol. The van der Waals surface area contributed by atoms with Gasteiger partial charge < -0.3 is 14.8 Å². The van der Waals surface area contributed by atoms with Gasteiger partial charge in [0.1, 0.15) is 28.7 Å². The Bertz CT molecular complexity index is 1560. The number of nitriles is 1. The number of nitrogens with one attached hydrogen (secondary N) is 1. The van der Waals surface area contributed by atoms with Crippen LogP contribution in [0.4, 0.5) is 19.0 Å². The summed E-state index contributed by atoms with van der Waals surface area (Å²) in [6.45, 7) is 10.8. The highest BCUT2D eigenvalue weighted by atomic mass is 32.1. The van der Waals surface area contributed by atoms with Crippen molar-refractivity contribution in [2.24, 2.45) is 0 Å². The number of alkyl halides is 3. The molecule has 41 heavy (non-hydrogen) atoms. The van der Waals surface area contributed by atoms with E-state index < -0.39 is 12.6 Å². The maximum absolute atomic E-state index is 12.9. The summed E-state index contributed by atoms with van der Waals surface area (Å²) in [4.78, 5) is 14.1. The number of fused-ring (bicyclic) bond motifs is 2. The molecule has 0 spiro atoms. The fourth-order valence-electron chi connectivity index (χ4n) is 5.67. The molecule has 0 amide bonds. The van der Waals surface area contributed by atoms with Crippen molar-refractivity contribution in [1.29, 1.82) is 5.26 Å². The average Bonchev–Trinajstić information content (AvgIpc) is 3.51. The van der Waals surface area contributed by atoms with Gasteiger partial charge in [-0.3, -0.25) is 4.90 Å². The van der Waals surface area contributed by atoms with E-state index in [4.69, 9.17) is 0 Å². The number of hydrogen-bond donors (Lipinski definition) is 1. The van der Waals surface area contributed by atoms with E-state index in [-0.39, 0.29) is 10.9 Å². The molecule has 0 aliphatic carbocycles. The number of nitrogens with zero attached hydrogens (tertiary/aromatic N) is 6.